The molecule has 1 aromatic rings. The van der Waals surface area contributed by atoms with Crippen LogP contribution in [-0.2, 0) is 20.9 Å². The molecule has 1 aliphatic rings. The minimum Gasteiger partial charge on any atom is -0.480 e. The quantitative estimate of drug-likeness (QED) is 0.572. The summed E-state index contributed by atoms with van der Waals surface area (Å²) in [5, 5.41) is 31.7. The average Bonchev–Trinajstić information content (AvgIpc) is 2.51. The monoisotopic (exact) mass is 311 g/mol. The largest absolute Gasteiger partial charge is 0.480 e. The smallest absolute Gasteiger partial charge is 0.320 e. The summed E-state index contributed by atoms with van der Waals surface area (Å²) in [5.74, 6) is -1.06. The first-order chi connectivity index (χ1) is 10.5. The van der Waals surface area contributed by atoms with Crippen molar-refractivity contribution in [3.05, 3.63) is 35.9 Å². The van der Waals surface area contributed by atoms with E-state index in [1.54, 1.807) is 0 Å². The maximum absolute atomic E-state index is 10.9. The number of rotatable bonds is 6. The fourth-order valence-corrected chi connectivity index (χ4v) is 2.26. The maximum Gasteiger partial charge on any atom is 0.320 e. The number of ether oxygens (including phenoxy) is 2. The van der Waals surface area contributed by atoms with Gasteiger partial charge in [-0.3, -0.25) is 10.1 Å². The molecule has 122 valence electrons. The van der Waals surface area contributed by atoms with Crippen LogP contribution >= 0.6 is 0 Å². The van der Waals surface area contributed by atoms with Gasteiger partial charge >= 0.3 is 5.97 Å². The van der Waals surface area contributed by atoms with Crippen molar-refractivity contribution in [1.82, 2.24) is 5.32 Å². The van der Waals surface area contributed by atoms with Crippen molar-refractivity contribution in [3.8, 4) is 0 Å². The molecule has 4 N–H and O–H groups in total. The van der Waals surface area contributed by atoms with E-state index in [0.717, 1.165) is 5.56 Å². The Morgan fingerprint density at radius 1 is 1.41 bits per heavy atom. The van der Waals surface area contributed by atoms with Crippen LogP contribution in [0.4, 0.5) is 0 Å². The highest BCUT2D eigenvalue weighted by atomic mass is 16.7. The van der Waals surface area contributed by atoms with Crippen molar-refractivity contribution in [2.75, 3.05) is 6.61 Å². The zero-order chi connectivity index (χ0) is 16.1. The Bertz CT molecular complexity index is 482. The molecule has 0 bridgehead atoms. The molecule has 1 aromatic carbocycles. The Morgan fingerprint density at radius 3 is 2.73 bits per heavy atom. The number of carboxylic acids is 1. The van der Waals surface area contributed by atoms with Gasteiger partial charge in [0.2, 0.25) is 0 Å². The fourth-order valence-electron chi connectivity index (χ4n) is 2.26. The maximum atomic E-state index is 10.9. The number of aliphatic carboxylic acids is 1. The van der Waals surface area contributed by atoms with Crippen molar-refractivity contribution in [2.45, 2.75) is 44.1 Å². The molecule has 7 nitrogen and oxygen atoms in total. The van der Waals surface area contributed by atoms with Crippen LogP contribution in [0.5, 0.6) is 0 Å². The van der Waals surface area contributed by atoms with E-state index >= 15 is 0 Å². The summed E-state index contributed by atoms with van der Waals surface area (Å²) in [6.07, 6.45) is -3.11. The molecule has 22 heavy (non-hydrogen) atoms. The lowest BCUT2D eigenvalue weighted by molar-refractivity contribution is -0.250. The van der Waals surface area contributed by atoms with Crippen LogP contribution < -0.4 is 5.32 Å². The third-order valence-corrected chi connectivity index (χ3v) is 3.56. The highest BCUT2D eigenvalue weighted by Crippen LogP contribution is 2.18. The number of carboxylic acid groups (broad SMARTS) is 1. The van der Waals surface area contributed by atoms with Gasteiger partial charge in [0, 0.05) is 0 Å². The SMILES string of the molecule is C[C@H](N[C@@H]1[C@@H](O)[C@@H](OCc2ccccc2)OC[C@H]1O)C(=O)O. The molecule has 7 heteroatoms. The second-order valence-corrected chi connectivity index (χ2v) is 5.31. The van der Waals surface area contributed by atoms with Crippen LogP contribution in [0.25, 0.3) is 0 Å². The van der Waals surface area contributed by atoms with E-state index in [1.165, 1.54) is 6.92 Å². The van der Waals surface area contributed by atoms with Gasteiger partial charge in [0.25, 0.3) is 0 Å². The molecule has 2 rings (SSSR count). The molecular weight excluding hydrogens is 290 g/mol. The summed E-state index contributed by atoms with van der Waals surface area (Å²) >= 11 is 0. The van der Waals surface area contributed by atoms with Crippen LogP contribution in [0.15, 0.2) is 30.3 Å². The standard InChI is InChI=1S/C15H21NO6/c1-9(14(19)20)16-12-11(17)8-22-15(13(12)18)21-7-10-5-3-2-4-6-10/h2-6,9,11-13,15-18H,7-8H2,1H3,(H,19,20)/t9-,11+,12-,13+,15-/m0/s1. The van der Waals surface area contributed by atoms with E-state index in [-0.39, 0.29) is 13.2 Å². The van der Waals surface area contributed by atoms with Crippen LogP contribution in [0.2, 0.25) is 0 Å². The second kappa shape index (κ2) is 7.66. The van der Waals surface area contributed by atoms with Crippen molar-refractivity contribution in [2.24, 2.45) is 0 Å². The van der Waals surface area contributed by atoms with Gasteiger partial charge in [-0.1, -0.05) is 30.3 Å². The fraction of sp³-hybridized carbons (Fsp3) is 0.533. The zero-order valence-corrected chi connectivity index (χ0v) is 12.3. The summed E-state index contributed by atoms with van der Waals surface area (Å²) in [5.41, 5.74) is 0.924. The Balaban J connectivity index is 1.94. The minimum absolute atomic E-state index is 0.0411. The third-order valence-electron chi connectivity index (χ3n) is 3.56. The van der Waals surface area contributed by atoms with Gasteiger partial charge in [-0.05, 0) is 12.5 Å². The predicted octanol–water partition coefficient (Wildman–Crippen LogP) is -0.287. The van der Waals surface area contributed by atoms with Crippen LogP contribution in [0.3, 0.4) is 0 Å². The van der Waals surface area contributed by atoms with E-state index < -0.39 is 36.6 Å². The van der Waals surface area contributed by atoms with Gasteiger partial charge in [-0.2, -0.15) is 0 Å². The number of benzene rings is 1. The first-order valence-corrected chi connectivity index (χ1v) is 7.11. The molecule has 1 saturated heterocycles. The topological polar surface area (TPSA) is 108 Å². The molecule has 0 aliphatic carbocycles. The number of hydrogen-bond acceptors (Lipinski definition) is 6. The molecule has 0 unspecified atom stereocenters. The highest BCUT2D eigenvalue weighted by molar-refractivity contribution is 5.72. The number of carbonyl (C=O) groups is 1. The van der Waals surface area contributed by atoms with Crippen LogP contribution in [0.1, 0.15) is 12.5 Å². The second-order valence-electron chi connectivity index (χ2n) is 5.31. The van der Waals surface area contributed by atoms with Gasteiger partial charge in [0.15, 0.2) is 6.29 Å². The number of hydrogen-bond donors (Lipinski definition) is 4. The summed E-state index contributed by atoms with van der Waals surface area (Å²) in [7, 11) is 0. The van der Waals surface area contributed by atoms with E-state index in [0.29, 0.717) is 0 Å². The van der Waals surface area contributed by atoms with Gasteiger partial charge in [-0.15, -0.1) is 0 Å². The van der Waals surface area contributed by atoms with Gasteiger partial charge in [-0.25, -0.2) is 0 Å². The molecule has 1 heterocycles. The van der Waals surface area contributed by atoms with Crippen LogP contribution in [-0.4, -0.2) is 58.5 Å². The van der Waals surface area contributed by atoms with Gasteiger partial charge < -0.3 is 24.8 Å². The Kier molecular flexibility index (Phi) is 5.87. The number of aliphatic hydroxyl groups is 2. The molecule has 0 aromatic heterocycles. The summed E-state index contributed by atoms with van der Waals surface area (Å²) < 4.78 is 10.8. The lowest BCUT2D eigenvalue weighted by atomic mass is 10.0. The van der Waals surface area contributed by atoms with E-state index in [9.17, 15) is 15.0 Å². The Hall–Kier alpha value is -1.51. The Morgan fingerprint density at radius 2 is 2.09 bits per heavy atom. The van der Waals surface area contributed by atoms with Crippen molar-refractivity contribution >= 4 is 5.97 Å². The number of nitrogens with one attached hydrogen (secondary N) is 1. The van der Waals surface area contributed by atoms with Crippen molar-refractivity contribution in [1.29, 1.82) is 0 Å². The highest BCUT2D eigenvalue weighted by Gasteiger charge is 2.40. The number of aliphatic hydroxyl groups excluding tert-OH is 2. The van der Waals surface area contributed by atoms with E-state index in [2.05, 4.69) is 5.32 Å². The lowest BCUT2D eigenvalue weighted by Crippen LogP contribution is -2.62. The summed E-state index contributed by atoms with van der Waals surface area (Å²) in [4.78, 5) is 10.9. The molecule has 1 fully saturated rings. The molecule has 1 aliphatic heterocycles. The molecule has 0 amide bonds. The zero-order valence-electron chi connectivity index (χ0n) is 12.3. The molecule has 0 radical (unpaired) electrons. The summed E-state index contributed by atoms with van der Waals surface area (Å²) in [6, 6.07) is 7.67. The summed E-state index contributed by atoms with van der Waals surface area (Å²) in [6.45, 7) is 1.65. The normalized spacial score (nSPS) is 30.0. The van der Waals surface area contributed by atoms with E-state index in [1.807, 2.05) is 30.3 Å². The van der Waals surface area contributed by atoms with E-state index in [4.69, 9.17) is 14.6 Å². The molecule has 0 spiro atoms. The first-order valence-electron chi connectivity index (χ1n) is 7.11. The van der Waals surface area contributed by atoms with Gasteiger partial charge in [0.05, 0.1) is 25.4 Å². The minimum atomic E-state index is -1.17. The lowest BCUT2D eigenvalue weighted by Gasteiger charge is -2.39. The third kappa shape index (κ3) is 4.25. The average molecular weight is 311 g/mol. The predicted molar refractivity (Wildman–Crippen MR) is 77.0 cm³/mol. The molecular formula is C15H21NO6. The first kappa shape index (κ1) is 16.9. The molecule has 0 saturated carbocycles. The molecule has 5 atom stereocenters. The van der Waals surface area contributed by atoms with Crippen LogP contribution in [0, 0.1) is 0 Å². The van der Waals surface area contributed by atoms with Crippen molar-refractivity contribution < 1.29 is 29.6 Å². The van der Waals surface area contributed by atoms with Gasteiger partial charge in [0.1, 0.15) is 12.1 Å². The van der Waals surface area contributed by atoms with Crippen molar-refractivity contribution in [3.63, 3.8) is 0 Å². The Labute approximate surface area is 128 Å².